The van der Waals surface area contributed by atoms with E-state index in [9.17, 15) is 4.79 Å². The average Bonchev–Trinajstić information content (AvgIpc) is 2.72. The van der Waals surface area contributed by atoms with Crippen molar-refractivity contribution in [2.24, 2.45) is 0 Å². The van der Waals surface area contributed by atoms with Crippen molar-refractivity contribution in [1.82, 2.24) is 4.90 Å². The Balaban J connectivity index is 1.98. The van der Waals surface area contributed by atoms with Crippen LogP contribution in [0.1, 0.15) is 43.4 Å². The highest BCUT2D eigenvalue weighted by molar-refractivity contribution is 5.89. The third-order valence-corrected chi connectivity index (χ3v) is 5.16. The van der Waals surface area contributed by atoms with Crippen molar-refractivity contribution in [1.29, 1.82) is 0 Å². The molecule has 0 amide bonds. The van der Waals surface area contributed by atoms with Crippen LogP contribution in [0.25, 0.3) is 0 Å². The molecule has 0 bridgehead atoms. The summed E-state index contributed by atoms with van der Waals surface area (Å²) in [6.07, 6.45) is 3.80. The Morgan fingerprint density at radius 1 is 1.04 bits per heavy atom. The van der Waals surface area contributed by atoms with Crippen molar-refractivity contribution < 1.29 is 9.53 Å². The van der Waals surface area contributed by atoms with Crippen molar-refractivity contribution in [3.63, 3.8) is 0 Å². The van der Waals surface area contributed by atoms with E-state index < -0.39 is 0 Å². The van der Waals surface area contributed by atoms with Gasteiger partial charge >= 0.3 is 5.97 Å². The van der Waals surface area contributed by atoms with Crippen LogP contribution >= 0.6 is 0 Å². The van der Waals surface area contributed by atoms with Gasteiger partial charge < -0.3 is 9.64 Å². The van der Waals surface area contributed by atoms with E-state index in [1.807, 2.05) is 24.3 Å². The Morgan fingerprint density at radius 3 is 2.35 bits per heavy atom. The van der Waals surface area contributed by atoms with Gasteiger partial charge in [-0.15, -0.1) is 0 Å². The van der Waals surface area contributed by atoms with Gasteiger partial charge in [0.25, 0.3) is 0 Å². The minimum atomic E-state index is -0.212. The van der Waals surface area contributed by atoms with Crippen molar-refractivity contribution >= 4 is 5.97 Å². The van der Waals surface area contributed by atoms with Crippen LogP contribution in [0.3, 0.4) is 0 Å². The maximum absolute atomic E-state index is 12.6. The lowest BCUT2D eigenvalue weighted by atomic mass is 9.94. The fourth-order valence-corrected chi connectivity index (χ4v) is 3.73. The van der Waals surface area contributed by atoms with E-state index in [4.69, 9.17) is 4.74 Å². The normalized spacial score (nSPS) is 17.5. The maximum Gasteiger partial charge on any atom is 0.335 e. The molecule has 1 heterocycles. The molecule has 0 aromatic heterocycles. The molecule has 0 saturated carbocycles. The van der Waals surface area contributed by atoms with Gasteiger partial charge in [0.15, 0.2) is 0 Å². The molecule has 3 nitrogen and oxygen atoms in total. The summed E-state index contributed by atoms with van der Waals surface area (Å²) in [7, 11) is 1.47. The number of methoxy groups -OCH3 is 1. The van der Waals surface area contributed by atoms with E-state index in [0.717, 1.165) is 42.6 Å². The van der Waals surface area contributed by atoms with Crippen LogP contribution in [-0.4, -0.2) is 24.5 Å². The van der Waals surface area contributed by atoms with Crippen molar-refractivity contribution in [3.05, 3.63) is 83.1 Å². The number of nitrogens with zero attached hydrogens (tertiary/aromatic N) is 1. The summed E-state index contributed by atoms with van der Waals surface area (Å²) in [4.78, 5) is 15.0. The molecule has 0 radical (unpaired) electrons. The molecular weight excluding hydrogens is 322 g/mol. The van der Waals surface area contributed by atoms with Crippen molar-refractivity contribution in [3.8, 4) is 0 Å². The highest BCUT2D eigenvalue weighted by atomic mass is 16.5. The average molecular weight is 349 g/mol. The molecule has 0 aliphatic carbocycles. The lowest BCUT2D eigenvalue weighted by molar-refractivity contribution is -0.136. The molecule has 1 aliphatic heterocycles. The molecule has 2 aromatic rings. The van der Waals surface area contributed by atoms with E-state index in [0.29, 0.717) is 6.42 Å². The second-order valence-electron chi connectivity index (χ2n) is 6.82. The van der Waals surface area contributed by atoms with E-state index in [1.54, 1.807) is 0 Å². The summed E-state index contributed by atoms with van der Waals surface area (Å²) in [5.74, 6) is -0.212. The van der Waals surface area contributed by atoms with Crippen LogP contribution < -0.4 is 0 Å². The van der Waals surface area contributed by atoms with Gasteiger partial charge in [-0.1, -0.05) is 60.7 Å². The lowest BCUT2D eigenvalue weighted by Gasteiger charge is -2.38. The third-order valence-electron chi connectivity index (χ3n) is 5.16. The molecule has 0 N–H and O–H groups in total. The number of hydrogen-bond donors (Lipinski definition) is 0. The minimum absolute atomic E-state index is 0.212. The first-order chi connectivity index (χ1) is 12.7. The summed E-state index contributed by atoms with van der Waals surface area (Å²) in [6.45, 7) is 3.19. The number of rotatable bonds is 5. The summed E-state index contributed by atoms with van der Waals surface area (Å²) in [6, 6.07) is 20.9. The molecule has 3 heteroatoms. The highest BCUT2D eigenvalue weighted by Crippen LogP contribution is 2.33. The largest absolute Gasteiger partial charge is 0.466 e. The Labute approximate surface area is 156 Å². The summed E-state index contributed by atoms with van der Waals surface area (Å²) in [5, 5.41) is 0. The van der Waals surface area contributed by atoms with Gasteiger partial charge in [-0.05, 0) is 37.3 Å². The summed E-state index contributed by atoms with van der Waals surface area (Å²) >= 11 is 0. The summed E-state index contributed by atoms with van der Waals surface area (Å²) in [5.41, 5.74) is 4.35. The first-order valence-corrected chi connectivity index (χ1v) is 9.36. The zero-order valence-electron chi connectivity index (χ0n) is 15.7. The molecule has 0 unspecified atom stereocenters. The SMILES string of the molecule is COC(=O)/C(Cc1ccccc1)=C1/CCCCN1[C@@H](C)c1ccccc1. The van der Waals surface area contributed by atoms with Crippen LogP contribution in [-0.2, 0) is 16.0 Å². The van der Waals surface area contributed by atoms with E-state index in [2.05, 4.69) is 48.2 Å². The predicted molar refractivity (Wildman–Crippen MR) is 105 cm³/mol. The smallest absolute Gasteiger partial charge is 0.335 e. The van der Waals surface area contributed by atoms with Crippen LogP contribution in [0, 0.1) is 0 Å². The predicted octanol–water partition coefficient (Wildman–Crippen LogP) is 4.90. The van der Waals surface area contributed by atoms with E-state index in [-0.39, 0.29) is 12.0 Å². The van der Waals surface area contributed by atoms with Crippen LogP contribution in [0.2, 0.25) is 0 Å². The standard InChI is InChI=1S/C23H27NO2/c1-18(20-13-7-4-8-14-20)24-16-10-9-15-22(24)21(23(25)26-2)17-19-11-5-3-6-12-19/h3-8,11-14,18H,9-10,15-17H2,1-2H3/b22-21-/t18-/m0/s1. The first-order valence-electron chi connectivity index (χ1n) is 9.36. The number of hydrogen-bond acceptors (Lipinski definition) is 3. The second kappa shape index (κ2) is 8.70. The zero-order chi connectivity index (χ0) is 18.4. The molecular formula is C23H27NO2. The van der Waals surface area contributed by atoms with Gasteiger partial charge in [0, 0.05) is 18.7 Å². The van der Waals surface area contributed by atoms with Gasteiger partial charge in [-0.25, -0.2) is 4.79 Å². The number of carbonyl (C=O) groups is 1. The quantitative estimate of drug-likeness (QED) is 0.568. The number of allylic oxidation sites excluding steroid dienone is 1. The topological polar surface area (TPSA) is 29.5 Å². The minimum Gasteiger partial charge on any atom is -0.466 e. The van der Waals surface area contributed by atoms with Gasteiger partial charge in [-0.3, -0.25) is 0 Å². The van der Waals surface area contributed by atoms with E-state index in [1.165, 1.54) is 12.7 Å². The molecule has 136 valence electrons. The molecule has 2 aromatic carbocycles. The first kappa shape index (κ1) is 18.2. The van der Waals surface area contributed by atoms with Gasteiger partial charge in [0.2, 0.25) is 0 Å². The molecule has 1 saturated heterocycles. The maximum atomic E-state index is 12.6. The van der Waals surface area contributed by atoms with Gasteiger partial charge in [-0.2, -0.15) is 0 Å². The number of carbonyl (C=O) groups excluding carboxylic acids is 1. The molecule has 3 rings (SSSR count). The van der Waals surface area contributed by atoms with Gasteiger partial charge in [0.1, 0.15) is 0 Å². The fraction of sp³-hybridized carbons (Fsp3) is 0.348. The molecule has 1 atom stereocenters. The van der Waals surface area contributed by atoms with Crippen LogP contribution in [0.5, 0.6) is 0 Å². The summed E-state index contributed by atoms with van der Waals surface area (Å²) < 4.78 is 5.15. The van der Waals surface area contributed by atoms with Crippen molar-refractivity contribution in [2.75, 3.05) is 13.7 Å². The Morgan fingerprint density at radius 2 is 1.69 bits per heavy atom. The van der Waals surface area contributed by atoms with Gasteiger partial charge in [0.05, 0.1) is 18.7 Å². The number of esters is 1. The Kier molecular flexibility index (Phi) is 6.11. The Hall–Kier alpha value is -2.55. The van der Waals surface area contributed by atoms with Crippen LogP contribution in [0.4, 0.5) is 0 Å². The number of piperidine rings is 1. The number of benzene rings is 2. The molecule has 1 fully saturated rings. The molecule has 1 aliphatic rings. The van der Waals surface area contributed by atoms with Crippen molar-refractivity contribution in [2.45, 2.75) is 38.6 Å². The lowest BCUT2D eigenvalue weighted by Crippen LogP contribution is -2.33. The number of likely N-dealkylation sites (tertiary alicyclic amines) is 1. The van der Waals surface area contributed by atoms with Crippen LogP contribution in [0.15, 0.2) is 71.9 Å². The number of ether oxygens (including phenoxy) is 1. The van der Waals surface area contributed by atoms with E-state index >= 15 is 0 Å². The second-order valence-corrected chi connectivity index (χ2v) is 6.82. The molecule has 26 heavy (non-hydrogen) atoms. The monoisotopic (exact) mass is 349 g/mol. The molecule has 0 spiro atoms. The zero-order valence-corrected chi connectivity index (χ0v) is 15.7. The Bertz CT molecular complexity index is 752. The highest BCUT2D eigenvalue weighted by Gasteiger charge is 2.27. The fourth-order valence-electron chi connectivity index (χ4n) is 3.73. The third kappa shape index (κ3) is 4.16.